The number of hydrogen-bond acceptors (Lipinski definition) is 5. The molecule has 230 valence electrons. The Morgan fingerprint density at radius 3 is 0.667 bits per heavy atom. The van der Waals surface area contributed by atoms with Gasteiger partial charge in [0.1, 0.15) is 28.7 Å². The molecule has 6 rings (SSSR count). The zero-order chi connectivity index (χ0) is 32.2. The average molecular weight is 666 g/mol. The van der Waals surface area contributed by atoms with Crippen LogP contribution >= 0.6 is 15.9 Å². The van der Waals surface area contributed by atoms with Gasteiger partial charge in [0.2, 0.25) is 0 Å². The second-order valence-corrected chi connectivity index (χ2v) is 13.6. The molecule has 5 nitrogen and oxygen atoms in total. The van der Waals surface area contributed by atoms with Crippen molar-refractivity contribution >= 4 is 15.9 Å². The molecule has 0 unspecified atom stereocenters. The van der Waals surface area contributed by atoms with E-state index in [1.54, 1.807) is 0 Å². The highest BCUT2D eigenvalue weighted by Crippen LogP contribution is 2.40. The van der Waals surface area contributed by atoms with Gasteiger partial charge in [-0.05, 0) is 95.5 Å². The van der Waals surface area contributed by atoms with E-state index in [-0.39, 0.29) is 28.7 Å². The smallest absolute Gasteiger partial charge is 0.122 e. The number of aryl methyl sites for hydroxylation is 4. The number of aromatic hydroxyl groups is 5. The summed E-state index contributed by atoms with van der Waals surface area (Å²) >= 11 is 3.61. The molecular formula is C39H37BrO5. The molecule has 45 heavy (non-hydrogen) atoms. The van der Waals surface area contributed by atoms with Gasteiger partial charge in [0.15, 0.2) is 0 Å². The van der Waals surface area contributed by atoms with Crippen LogP contribution in [0.4, 0.5) is 0 Å². The van der Waals surface area contributed by atoms with Gasteiger partial charge in [-0.2, -0.15) is 0 Å². The van der Waals surface area contributed by atoms with Crippen molar-refractivity contribution in [2.45, 2.75) is 59.8 Å². The predicted octanol–water partition coefficient (Wildman–Crippen LogP) is 8.48. The number of phenols is 5. The molecule has 10 bridgehead atoms. The molecule has 5 N–H and O–H groups in total. The summed E-state index contributed by atoms with van der Waals surface area (Å²) in [5.74, 6) is 0.630. The number of phenolic OH excluding ortho intramolecular Hbond substituents is 5. The van der Waals surface area contributed by atoms with E-state index in [2.05, 4.69) is 15.9 Å². The highest BCUT2D eigenvalue weighted by molar-refractivity contribution is 9.10. The first-order valence-corrected chi connectivity index (χ1v) is 15.9. The molecule has 0 aliphatic heterocycles. The van der Waals surface area contributed by atoms with Gasteiger partial charge in [-0.3, -0.25) is 0 Å². The Bertz CT molecular complexity index is 1540. The summed E-state index contributed by atoms with van der Waals surface area (Å²) in [6, 6.07) is 19.1. The minimum absolute atomic E-state index is 0.111. The Labute approximate surface area is 272 Å². The minimum atomic E-state index is 0.111. The van der Waals surface area contributed by atoms with Crippen LogP contribution in [0.15, 0.2) is 65.1 Å². The van der Waals surface area contributed by atoms with Gasteiger partial charge < -0.3 is 25.5 Å². The van der Waals surface area contributed by atoms with Crippen molar-refractivity contribution in [3.8, 4) is 28.7 Å². The summed E-state index contributed by atoms with van der Waals surface area (Å²) in [4.78, 5) is 0. The first kappa shape index (κ1) is 30.6. The normalized spacial score (nSPS) is 13.0. The van der Waals surface area contributed by atoms with E-state index < -0.39 is 0 Å². The van der Waals surface area contributed by atoms with Crippen LogP contribution in [0, 0.1) is 27.7 Å². The van der Waals surface area contributed by atoms with Gasteiger partial charge in [-0.25, -0.2) is 0 Å². The summed E-state index contributed by atoms with van der Waals surface area (Å²) in [6.45, 7) is 7.88. The van der Waals surface area contributed by atoms with E-state index in [1.807, 2.05) is 88.4 Å². The van der Waals surface area contributed by atoms with E-state index in [0.29, 0.717) is 87.7 Å². The number of halogens is 1. The van der Waals surface area contributed by atoms with Crippen LogP contribution in [0.25, 0.3) is 0 Å². The Kier molecular flexibility index (Phi) is 8.04. The minimum Gasteiger partial charge on any atom is -0.507 e. The Balaban J connectivity index is 1.60. The van der Waals surface area contributed by atoms with Gasteiger partial charge in [0.25, 0.3) is 0 Å². The number of fused-ring (bicyclic) bond motifs is 10. The lowest BCUT2D eigenvalue weighted by Crippen LogP contribution is -2.02. The molecule has 0 saturated carbocycles. The van der Waals surface area contributed by atoms with Crippen molar-refractivity contribution in [3.05, 3.63) is 143 Å². The van der Waals surface area contributed by atoms with Crippen LogP contribution in [0.5, 0.6) is 28.7 Å². The van der Waals surface area contributed by atoms with Crippen LogP contribution in [0.3, 0.4) is 0 Å². The second kappa shape index (κ2) is 11.8. The third-order valence-electron chi connectivity index (χ3n) is 8.79. The van der Waals surface area contributed by atoms with Gasteiger partial charge in [-0.15, -0.1) is 0 Å². The third kappa shape index (κ3) is 6.12. The molecule has 6 heteroatoms. The van der Waals surface area contributed by atoms with Crippen molar-refractivity contribution < 1.29 is 25.5 Å². The van der Waals surface area contributed by atoms with Crippen molar-refractivity contribution in [1.82, 2.24) is 0 Å². The fraction of sp³-hybridized carbons (Fsp3) is 0.231. The van der Waals surface area contributed by atoms with Crippen molar-refractivity contribution in [3.63, 3.8) is 0 Å². The van der Waals surface area contributed by atoms with E-state index in [1.165, 1.54) is 0 Å². The number of rotatable bonds is 0. The maximum absolute atomic E-state index is 11.5. The van der Waals surface area contributed by atoms with Gasteiger partial charge in [0, 0.05) is 36.6 Å². The highest BCUT2D eigenvalue weighted by Gasteiger charge is 2.21. The van der Waals surface area contributed by atoms with Crippen LogP contribution < -0.4 is 0 Å². The van der Waals surface area contributed by atoms with E-state index >= 15 is 0 Å². The zero-order valence-corrected chi connectivity index (χ0v) is 27.5. The molecule has 5 aromatic rings. The number of hydrogen-bond donors (Lipinski definition) is 5. The molecule has 0 aromatic heterocycles. The van der Waals surface area contributed by atoms with Crippen LogP contribution in [-0.2, 0) is 32.1 Å². The molecule has 0 atom stereocenters. The van der Waals surface area contributed by atoms with Crippen LogP contribution in [0.2, 0.25) is 0 Å². The molecule has 0 heterocycles. The lowest BCUT2D eigenvalue weighted by Gasteiger charge is -2.19. The quantitative estimate of drug-likeness (QED) is 0.112. The monoisotopic (exact) mass is 664 g/mol. The molecule has 0 fully saturated rings. The average Bonchev–Trinajstić information content (AvgIpc) is 2.96. The maximum Gasteiger partial charge on any atom is 0.122 e. The fourth-order valence-corrected chi connectivity index (χ4v) is 7.38. The van der Waals surface area contributed by atoms with Gasteiger partial charge in [0.05, 0.1) is 0 Å². The SMILES string of the molecule is Cc1cc2c(O)c(c1)Cc1cc(C)cc(c1O)Cc1cc(Br)cc(c1O)Cc1cc(C)cc(c1O)Cc1cc(C)cc(c1O)C2. The fourth-order valence-electron chi connectivity index (χ4n) is 6.83. The van der Waals surface area contributed by atoms with E-state index in [4.69, 9.17) is 0 Å². The Morgan fingerprint density at radius 2 is 0.489 bits per heavy atom. The van der Waals surface area contributed by atoms with Crippen molar-refractivity contribution in [1.29, 1.82) is 0 Å². The lowest BCUT2D eigenvalue weighted by atomic mass is 9.89. The van der Waals surface area contributed by atoms with E-state index in [0.717, 1.165) is 26.7 Å². The van der Waals surface area contributed by atoms with Gasteiger partial charge in [-0.1, -0.05) is 86.7 Å². The molecule has 0 saturated heterocycles. The van der Waals surface area contributed by atoms with E-state index in [9.17, 15) is 25.5 Å². The lowest BCUT2D eigenvalue weighted by molar-refractivity contribution is 0.450. The molecule has 0 radical (unpaired) electrons. The standard InChI is InChI=1S/C39H37BrO5/c1-20-5-24-13-25-6-21(2)8-27(36(25)42)15-29-10-23(4)12-31(38(29)44)17-33-19-34(40)18-32(39(33)45)16-30-11-22(3)9-28(37(30)43)14-26(7-20)35(24)41/h5-12,18-19,41-45H,13-17H2,1-4H3. The van der Waals surface area contributed by atoms with Crippen LogP contribution in [-0.4, -0.2) is 25.5 Å². The van der Waals surface area contributed by atoms with Crippen LogP contribution in [0.1, 0.15) is 77.9 Å². The summed E-state index contributed by atoms with van der Waals surface area (Å²) < 4.78 is 0.779. The summed E-state index contributed by atoms with van der Waals surface area (Å²) in [5.41, 5.74) is 10.6. The third-order valence-corrected chi connectivity index (χ3v) is 9.24. The Hall–Kier alpha value is -4.42. The first-order valence-electron chi connectivity index (χ1n) is 15.1. The Morgan fingerprint density at radius 1 is 0.333 bits per heavy atom. The predicted molar refractivity (Wildman–Crippen MR) is 181 cm³/mol. The molecule has 1 aliphatic carbocycles. The highest BCUT2D eigenvalue weighted by atomic mass is 79.9. The van der Waals surface area contributed by atoms with Crippen molar-refractivity contribution in [2.24, 2.45) is 0 Å². The summed E-state index contributed by atoms with van der Waals surface area (Å²) in [5, 5.41) is 57.5. The first-order chi connectivity index (χ1) is 21.4. The molecule has 5 aromatic carbocycles. The largest absolute Gasteiger partial charge is 0.507 e. The topological polar surface area (TPSA) is 101 Å². The van der Waals surface area contributed by atoms with Crippen molar-refractivity contribution in [2.75, 3.05) is 0 Å². The molecule has 0 amide bonds. The zero-order valence-electron chi connectivity index (χ0n) is 25.9. The number of benzene rings is 5. The summed E-state index contributed by atoms with van der Waals surface area (Å²) in [7, 11) is 0. The molecular weight excluding hydrogens is 628 g/mol. The second-order valence-electron chi connectivity index (χ2n) is 12.7. The maximum atomic E-state index is 11.5. The summed E-state index contributed by atoms with van der Waals surface area (Å²) in [6.07, 6.45) is 1.54. The molecule has 1 aliphatic rings. The van der Waals surface area contributed by atoms with Gasteiger partial charge >= 0.3 is 0 Å². The molecule has 0 spiro atoms.